The van der Waals surface area contributed by atoms with Gasteiger partial charge in [-0.3, -0.25) is 9.59 Å². The lowest BCUT2D eigenvalue weighted by molar-refractivity contribution is -0.174. The van der Waals surface area contributed by atoms with Gasteiger partial charge in [0.2, 0.25) is 0 Å². The SMILES string of the molecule is C=C(C)[C@@H]1C=C[C@]2(C)C(=C)CC(C(=O)OC)(C(=O)OC)[C@@H]2C1. The molecule has 0 aromatic rings. The molecule has 4 nitrogen and oxygen atoms in total. The van der Waals surface area contributed by atoms with Crippen molar-refractivity contribution in [3.63, 3.8) is 0 Å². The van der Waals surface area contributed by atoms with Crippen LogP contribution in [-0.4, -0.2) is 26.2 Å². The van der Waals surface area contributed by atoms with Gasteiger partial charge in [0.15, 0.2) is 5.41 Å². The van der Waals surface area contributed by atoms with Gasteiger partial charge in [-0.2, -0.15) is 0 Å². The Morgan fingerprint density at radius 3 is 2.27 bits per heavy atom. The molecule has 0 aliphatic heterocycles. The topological polar surface area (TPSA) is 52.6 Å². The molecule has 120 valence electrons. The van der Waals surface area contributed by atoms with Crippen LogP contribution in [-0.2, 0) is 19.1 Å². The van der Waals surface area contributed by atoms with E-state index in [4.69, 9.17) is 9.47 Å². The third-order valence-electron chi connectivity index (χ3n) is 5.47. The standard InChI is InChI=1S/C18H24O4/c1-11(2)13-7-8-17(4)12(3)10-18(14(17)9-13,15(19)21-5)16(20)22-6/h7-8,13-14H,1,3,9-10H2,2,4-6H3/t13-,14-,17-/m1/s1. The minimum absolute atomic E-state index is 0.137. The number of ether oxygens (including phenoxy) is 2. The van der Waals surface area contributed by atoms with Crippen LogP contribution in [0.5, 0.6) is 0 Å². The van der Waals surface area contributed by atoms with E-state index in [2.05, 4.69) is 25.3 Å². The van der Waals surface area contributed by atoms with Gasteiger partial charge in [0.1, 0.15) is 0 Å². The highest BCUT2D eigenvalue weighted by Gasteiger charge is 2.66. The van der Waals surface area contributed by atoms with Gasteiger partial charge in [-0.05, 0) is 31.6 Å². The summed E-state index contributed by atoms with van der Waals surface area (Å²) in [6, 6.07) is 0. The number of hydrogen-bond acceptors (Lipinski definition) is 4. The van der Waals surface area contributed by atoms with E-state index in [0.717, 1.165) is 11.1 Å². The van der Waals surface area contributed by atoms with Gasteiger partial charge < -0.3 is 9.47 Å². The van der Waals surface area contributed by atoms with Crippen LogP contribution in [0.2, 0.25) is 0 Å². The molecule has 0 radical (unpaired) electrons. The second-order valence-corrected chi connectivity index (χ2v) is 6.62. The Labute approximate surface area is 131 Å². The molecule has 0 amide bonds. The number of allylic oxidation sites excluding steroid dienone is 4. The first-order valence-electron chi connectivity index (χ1n) is 7.44. The van der Waals surface area contributed by atoms with Crippen LogP contribution in [0.1, 0.15) is 26.7 Å². The predicted molar refractivity (Wildman–Crippen MR) is 83.9 cm³/mol. The maximum Gasteiger partial charge on any atom is 0.323 e. The quantitative estimate of drug-likeness (QED) is 0.457. The third kappa shape index (κ3) is 2.04. The molecule has 2 aliphatic carbocycles. The summed E-state index contributed by atoms with van der Waals surface area (Å²) in [6.07, 6.45) is 5.09. The summed E-state index contributed by atoms with van der Waals surface area (Å²) in [7, 11) is 2.61. The van der Waals surface area contributed by atoms with Crippen LogP contribution < -0.4 is 0 Å². The Morgan fingerprint density at radius 1 is 1.27 bits per heavy atom. The van der Waals surface area contributed by atoms with E-state index in [9.17, 15) is 9.59 Å². The summed E-state index contributed by atoms with van der Waals surface area (Å²) in [4.78, 5) is 25.1. The van der Waals surface area contributed by atoms with Gasteiger partial charge in [-0.1, -0.05) is 43.4 Å². The molecule has 0 saturated heterocycles. The van der Waals surface area contributed by atoms with Gasteiger partial charge in [0.25, 0.3) is 0 Å². The minimum Gasteiger partial charge on any atom is -0.468 e. The van der Waals surface area contributed by atoms with Crippen molar-refractivity contribution in [2.45, 2.75) is 26.7 Å². The van der Waals surface area contributed by atoms with Crippen molar-refractivity contribution in [3.8, 4) is 0 Å². The number of carbonyl (C=O) groups excluding carboxylic acids is 2. The smallest absolute Gasteiger partial charge is 0.323 e. The fourth-order valence-corrected chi connectivity index (χ4v) is 3.98. The minimum atomic E-state index is -1.31. The lowest BCUT2D eigenvalue weighted by Gasteiger charge is -2.41. The van der Waals surface area contributed by atoms with Crippen molar-refractivity contribution in [2.24, 2.45) is 22.7 Å². The predicted octanol–water partition coefficient (Wildman–Crippen LogP) is 3.05. The van der Waals surface area contributed by atoms with Gasteiger partial charge in [-0.25, -0.2) is 0 Å². The zero-order chi connectivity index (χ0) is 16.7. The lowest BCUT2D eigenvalue weighted by atomic mass is 9.62. The Balaban J connectivity index is 2.60. The summed E-state index contributed by atoms with van der Waals surface area (Å²) >= 11 is 0. The number of esters is 2. The molecule has 4 heteroatoms. The zero-order valence-corrected chi connectivity index (χ0v) is 13.8. The maximum atomic E-state index is 12.5. The van der Waals surface area contributed by atoms with Crippen LogP contribution in [0, 0.1) is 22.7 Å². The van der Waals surface area contributed by atoms with Crippen LogP contribution in [0.3, 0.4) is 0 Å². The maximum absolute atomic E-state index is 12.5. The second kappa shape index (κ2) is 5.41. The molecule has 0 aromatic carbocycles. The molecular formula is C18H24O4. The van der Waals surface area contributed by atoms with E-state index in [1.54, 1.807) is 0 Å². The summed E-state index contributed by atoms with van der Waals surface area (Å²) in [5.74, 6) is -1.17. The van der Waals surface area contributed by atoms with Crippen LogP contribution in [0.15, 0.2) is 36.5 Å². The molecular weight excluding hydrogens is 280 g/mol. The van der Waals surface area contributed by atoms with Gasteiger partial charge in [-0.15, -0.1) is 0 Å². The monoisotopic (exact) mass is 304 g/mol. The average Bonchev–Trinajstić information content (AvgIpc) is 2.74. The summed E-state index contributed by atoms with van der Waals surface area (Å²) in [5.41, 5.74) is 0.159. The van der Waals surface area contributed by atoms with Crippen molar-refractivity contribution in [3.05, 3.63) is 36.5 Å². The van der Waals surface area contributed by atoms with Crippen LogP contribution in [0.25, 0.3) is 0 Å². The fraction of sp³-hybridized carbons (Fsp3) is 0.556. The number of fused-ring (bicyclic) bond motifs is 1. The first kappa shape index (κ1) is 16.5. The molecule has 1 saturated carbocycles. The van der Waals surface area contributed by atoms with E-state index in [1.807, 2.05) is 13.8 Å². The number of rotatable bonds is 3. The van der Waals surface area contributed by atoms with Crippen molar-refractivity contribution in [1.29, 1.82) is 0 Å². The summed E-state index contributed by atoms with van der Waals surface area (Å²) in [5, 5.41) is 0. The van der Waals surface area contributed by atoms with E-state index >= 15 is 0 Å². The summed E-state index contributed by atoms with van der Waals surface area (Å²) < 4.78 is 9.94. The van der Waals surface area contributed by atoms with Crippen molar-refractivity contribution in [1.82, 2.24) is 0 Å². The highest BCUT2D eigenvalue weighted by molar-refractivity contribution is 6.02. The van der Waals surface area contributed by atoms with Gasteiger partial charge >= 0.3 is 11.9 Å². The molecule has 0 aromatic heterocycles. The van der Waals surface area contributed by atoms with Gasteiger partial charge in [0, 0.05) is 5.41 Å². The van der Waals surface area contributed by atoms with Crippen molar-refractivity contribution in [2.75, 3.05) is 14.2 Å². The fourth-order valence-electron chi connectivity index (χ4n) is 3.98. The lowest BCUT2D eigenvalue weighted by Crippen LogP contribution is -2.48. The Bertz CT molecular complexity index is 556. The number of hydrogen-bond donors (Lipinski definition) is 0. The molecule has 0 bridgehead atoms. The normalized spacial score (nSPS) is 32.3. The molecule has 3 atom stereocenters. The largest absolute Gasteiger partial charge is 0.468 e. The molecule has 2 aliphatic rings. The highest BCUT2D eigenvalue weighted by atomic mass is 16.5. The molecule has 1 fully saturated rings. The first-order valence-corrected chi connectivity index (χ1v) is 7.44. The molecule has 22 heavy (non-hydrogen) atoms. The highest BCUT2D eigenvalue weighted by Crippen LogP contribution is 2.62. The first-order chi connectivity index (χ1) is 10.2. The number of carbonyl (C=O) groups is 2. The zero-order valence-electron chi connectivity index (χ0n) is 13.8. The Kier molecular flexibility index (Phi) is 4.07. The molecule has 0 unspecified atom stereocenters. The van der Waals surface area contributed by atoms with Crippen molar-refractivity contribution >= 4 is 11.9 Å². The molecule has 2 rings (SSSR count). The van der Waals surface area contributed by atoms with E-state index < -0.39 is 22.8 Å². The van der Waals surface area contributed by atoms with Gasteiger partial charge in [0.05, 0.1) is 14.2 Å². The second-order valence-electron chi connectivity index (χ2n) is 6.62. The Morgan fingerprint density at radius 2 is 1.82 bits per heavy atom. The number of methoxy groups -OCH3 is 2. The summed E-state index contributed by atoms with van der Waals surface area (Å²) in [6.45, 7) is 12.1. The third-order valence-corrected chi connectivity index (χ3v) is 5.47. The molecule has 0 N–H and O–H groups in total. The van der Waals surface area contributed by atoms with E-state index in [-0.39, 0.29) is 18.3 Å². The van der Waals surface area contributed by atoms with E-state index in [0.29, 0.717) is 6.42 Å². The van der Waals surface area contributed by atoms with Crippen molar-refractivity contribution < 1.29 is 19.1 Å². The van der Waals surface area contributed by atoms with Crippen LogP contribution >= 0.6 is 0 Å². The molecule has 0 spiro atoms. The molecule has 0 heterocycles. The van der Waals surface area contributed by atoms with E-state index in [1.165, 1.54) is 14.2 Å². The average molecular weight is 304 g/mol. The van der Waals surface area contributed by atoms with Crippen LogP contribution in [0.4, 0.5) is 0 Å². The Hall–Kier alpha value is -1.84.